The molecular weight excluding hydrogens is 243 g/mol. The lowest BCUT2D eigenvalue weighted by Crippen LogP contribution is -2.39. The summed E-state index contributed by atoms with van der Waals surface area (Å²) in [5.74, 6) is 0.343. The summed E-state index contributed by atoms with van der Waals surface area (Å²) >= 11 is 0. The van der Waals surface area contributed by atoms with Crippen LogP contribution >= 0.6 is 0 Å². The topological polar surface area (TPSA) is 41.1 Å². The molecule has 0 heterocycles. The van der Waals surface area contributed by atoms with Gasteiger partial charge in [-0.15, -0.1) is 0 Å². The van der Waals surface area contributed by atoms with Gasteiger partial charge in [0, 0.05) is 12.1 Å². The van der Waals surface area contributed by atoms with E-state index in [0.717, 1.165) is 5.56 Å². The summed E-state index contributed by atoms with van der Waals surface area (Å²) in [4.78, 5) is 11.7. The van der Waals surface area contributed by atoms with Crippen LogP contribution in [0.5, 0.6) is 0 Å². The second-order valence-electron chi connectivity index (χ2n) is 5.47. The highest BCUT2D eigenvalue weighted by atomic mass is 19.1. The molecule has 3 nitrogen and oxygen atoms in total. The standard InChI is InChI=1S/C15H21FN2O/c1-10(2)18-14(19)9-17-15(11-3-4-11)12-5-7-13(16)8-6-12/h5-8,10-11,15,17H,3-4,9H2,1-2H3,(H,18,19). The van der Waals surface area contributed by atoms with Gasteiger partial charge in [0.15, 0.2) is 0 Å². The van der Waals surface area contributed by atoms with Crippen LogP contribution in [0.15, 0.2) is 24.3 Å². The van der Waals surface area contributed by atoms with Crippen LogP contribution < -0.4 is 10.6 Å². The first-order valence-electron chi connectivity index (χ1n) is 6.84. The van der Waals surface area contributed by atoms with Gasteiger partial charge >= 0.3 is 0 Å². The van der Waals surface area contributed by atoms with Crippen molar-refractivity contribution >= 4 is 5.91 Å². The normalized spacial score (nSPS) is 16.4. The molecule has 19 heavy (non-hydrogen) atoms. The Morgan fingerprint density at radius 1 is 1.32 bits per heavy atom. The third kappa shape index (κ3) is 4.31. The third-order valence-electron chi connectivity index (χ3n) is 3.25. The zero-order valence-corrected chi connectivity index (χ0v) is 11.4. The number of halogens is 1. The number of carbonyl (C=O) groups is 1. The number of nitrogens with one attached hydrogen (secondary N) is 2. The van der Waals surface area contributed by atoms with Crippen molar-refractivity contribution in [1.29, 1.82) is 0 Å². The Morgan fingerprint density at radius 3 is 2.47 bits per heavy atom. The Balaban J connectivity index is 1.93. The molecule has 104 valence electrons. The molecule has 0 aromatic heterocycles. The molecule has 0 aliphatic heterocycles. The SMILES string of the molecule is CC(C)NC(=O)CNC(c1ccc(F)cc1)C1CC1. The minimum Gasteiger partial charge on any atom is -0.353 e. The zero-order chi connectivity index (χ0) is 13.8. The number of amides is 1. The molecule has 4 heteroatoms. The number of rotatable bonds is 6. The molecule has 0 radical (unpaired) electrons. The fraction of sp³-hybridized carbons (Fsp3) is 0.533. The molecule has 1 saturated carbocycles. The van der Waals surface area contributed by atoms with E-state index in [9.17, 15) is 9.18 Å². The van der Waals surface area contributed by atoms with Gasteiger partial charge in [0.25, 0.3) is 0 Å². The Bertz CT molecular complexity index is 426. The summed E-state index contributed by atoms with van der Waals surface area (Å²) in [6.45, 7) is 4.18. The lowest BCUT2D eigenvalue weighted by molar-refractivity contribution is -0.120. The van der Waals surface area contributed by atoms with Crippen LogP contribution in [0, 0.1) is 11.7 Å². The molecule has 0 spiro atoms. The lowest BCUT2D eigenvalue weighted by atomic mass is 10.0. The lowest BCUT2D eigenvalue weighted by Gasteiger charge is -2.19. The van der Waals surface area contributed by atoms with Crippen molar-refractivity contribution in [3.8, 4) is 0 Å². The molecule has 2 N–H and O–H groups in total. The molecule has 1 aliphatic rings. The smallest absolute Gasteiger partial charge is 0.234 e. The average Bonchev–Trinajstić information content (AvgIpc) is 3.15. The van der Waals surface area contributed by atoms with Gasteiger partial charge in [0.1, 0.15) is 5.82 Å². The molecule has 0 saturated heterocycles. The summed E-state index contributed by atoms with van der Waals surface area (Å²) in [6.07, 6.45) is 2.34. The van der Waals surface area contributed by atoms with E-state index in [1.54, 1.807) is 12.1 Å². The number of hydrogen-bond donors (Lipinski definition) is 2. The molecular formula is C15H21FN2O. The van der Waals surface area contributed by atoms with Crippen LogP contribution in [0.4, 0.5) is 4.39 Å². The Labute approximate surface area is 113 Å². The van der Waals surface area contributed by atoms with Gasteiger partial charge in [-0.05, 0) is 50.3 Å². The summed E-state index contributed by atoms with van der Waals surface area (Å²) in [7, 11) is 0. The van der Waals surface area contributed by atoms with Crippen LogP contribution in [-0.4, -0.2) is 18.5 Å². The first-order chi connectivity index (χ1) is 9.06. The maximum atomic E-state index is 12.9. The minimum absolute atomic E-state index is 0.00256. The maximum absolute atomic E-state index is 12.9. The van der Waals surface area contributed by atoms with Crippen molar-refractivity contribution in [1.82, 2.24) is 10.6 Å². The Hall–Kier alpha value is -1.42. The van der Waals surface area contributed by atoms with E-state index in [-0.39, 0.29) is 23.8 Å². The predicted molar refractivity (Wildman–Crippen MR) is 73.1 cm³/mol. The number of benzene rings is 1. The second-order valence-corrected chi connectivity index (χ2v) is 5.47. The largest absolute Gasteiger partial charge is 0.353 e. The van der Waals surface area contributed by atoms with Gasteiger partial charge in [-0.3, -0.25) is 4.79 Å². The van der Waals surface area contributed by atoms with E-state index >= 15 is 0 Å². The molecule has 1 amide bonds. The fourth-order valence-corrected chi connectivity index (χ4v) is 2.23. The van der Waals surface area contributed by atoms with Gasteiger partial charge in [-0.25, -0.2) is 4.39 Å². The first kappa shape index (κ1) is 14.0. The van der Waals surface area contributed by atoms with Crippen molar-refractivity contribution < 1.29 is 9.18 Å². The average molecular weight is 264 g/mol. The maximum Gasteiger partial charge on any atom is 0.234 e. The molecule has 0 bridgehead atoms. The van der Waals surface area contributed by atoms with Crippen molar-refractivity contribution in [2.45, 2.75) is 38.8 Å². The van der Waals surface area contributed by atoms with E-state index in [1.165, 1.54) is 25.0 Å². The fourth-order valence-electron chi connectivity index (χ4n) is 2.23. The van der Waals surface area contributed by atoms with Crippen LogP contribution in [0.25, 0.3) is 0 Å². The highest BCUT2D eigenvalue weighted by molar-refractivity contribution is 5.78. The molecule has 1 unspecified atom stereocenters. The third-order valence-corrected chi connectivity index (χ3v) is 3.25. The zero-order valence-electron chi connectivity index (χ0n) is 11.4. The summed E-state index contributed by atoms with van der Waals surface area (Å²) in [6, 6.07) is 6.84. The molecule has 1 aromatic carbocycles. The van der Waals surface area contributed by atoms with Crippen LogP contribution in [0.2, 0.25) is 0 Å². The number of carbonyl (C=O) groups excluding carboxylic acids is 1. The number of hydrogen-bond acceptors (Lipinski definition) is 2. The summed E-state index contributed by atoms with van der Waals surface area (Å²) < 4.78 is 12.9. The second kappa shape index (κ2) is 6.15. The molecule has 1 aromatic rings. The van der Waals surface area contributed by atoms with E-state index < -0.39 is 0 Å². The molecule has 2 rings (SSSR count). The monoisotopic (exact) mass is 264 g/mol. The summed E-state index contributed by atoms with van der Waals surface area (Å²) in [5, 5.41) is 6.14. The van der Waals surface area contributed by atoms with Crippen molar-refractivity contribution in [3.63, 3.8) is 0 Å². The van der Waals surface area contributed by atoms with Gasteiger partial charge in [0.05, 0.1) is 6.54 Å². The molecule has 1 atom stereocenters. The minimum atomic E-state index is -0.226. The van der Waals surface area contributed by atoms with Crippen LogP contribution in [-0.2, 0) is 4.79 Å². The van der Waals surface area contributed by atoms with Crippen molar-refractivity contribution in [3.05, 3.63) is 35.6 Å². The van der Waals surface area contributed by atoms with Crippen LogP contribution in [0.1, 0.15) is 38.3 Å². The molecule has 1 fully saturated rings. The van der Waals surface area contributed by atoms with Gasteiger partial charge in [0.2, 0.25) is 5.91 Å². The van der Waals surface area contributed by atoms with Gasteiger partial charge in [-0.1, -0.05) is 12.1 Å². The highest BCUT2D eigenvalue weighted by Gasteiger charge is 2.32. The van der Waals surface area contributed by atoms with E-state index in [4.69, 9.17) is 0 Å². The molecule has 1 aliphatic carbocycles. The first-order valence-corrected chi connectivity index (χ1v) is 6.84. The van der Waals surface area contributed by atoms with E-state index in [2.05, 4.69) is 10.6 Å². The highest BCUT2D eigenvalue weighted by Crippen LogP contribution is 2.40. The Kier molecular flexibility index (Phi) is 4.53. The van der Waals surface area contributed by atoms with E-state index in [0.29, 0.717) is 12.5 Å². The van der Waals surface area contributed by atoms with Crippen molar-refractivity contribution in [2.24, 2.45) is 5.92 Å². The van der Waals surface area contributed by atoms with Crippen molar-refractivity contribution in [2.75, 3.05) is 6.54 Å². The van der Waals surface area contributed by atoms with E-state index in [1.807, 2.05) is 13.8 Å². The van der Waals surface area contributed by atoms with Gasteiger partial charge in [-0.2, -0.15) is 0 Å². The quantitative estimate of drug-likeness (QED) is 0.828. The summed E-state index contributed by atoms with van der Waals surface area (Å²) in [5.41, 5.74) is 1.06. The predicted octanol–water partition coefficient (Wildman–Crippen LogP) is 2.39. The van der Waals surface area contributed by atoms with Gasteiger partial charge < -0.3 is 10.6 Å². The Morgan fingerprint density at radius 2 is 1.95 bits per heavy atom. The van der Waals surface area contributed by atoms with Crippen LogP contribution in [0.3, 0.4) is 0 Å².